The molecule has 3 rings (SSSR count). The second-order valence-electron chi connectivity index (χ2n) is 6.92. The minimum Gasteiger partial charge on any atom is -0.467 e. The lowest BCUT2D eigenvalue weighted by molar-refractivity contribution is -0.142. The summed E-state index contributed by atoms with van der Waals surface area (Å²) in [6.45, 7) is 8.60. The molecular weight excluding hydrogens is 330 g/mol. The maximum absolute atomic E-state index is 12.2. The Kier molecular flexibility index (Phi) is 6.00. The van der Waals surface area contributed by atoms with Crippen molar-refractivity contribution in [1.29, 1.82) is 0 Å². The molecular formula is C19H27N5O2. The maximum atomic E-state index is 12.2. The van der Waals surface area contributed by atoms with Gasteiger partial charge in [-0.2, -0.15) is 0 Å². The van der Waals surface area contributed by atoms with Crippen LogP contribution in [0.5, 0.6) is 0 Å². The van der Waals surface area contributed by atoms with E-state index in [1.165, 1.54) is 7.11 Å². The molecule has 26 heavy (non-hydrogen) atoms. The molecule has 1 aliphatic heterocycles. The zero-order chi connectivity index (χ0) is 18.5. The normalized spacial score (nSPS) is 16.6. The number of ether oxygens (including phenoxy) is 1. The number of methoxy groups -OCH3 is 1. The average Bonchev–Trinajstić information content (AvgIpc) is 2.66. The Morgan fingerprint density at radius 2 is 2.00 bits per heavy atom. The van der Waals surface area contributed by atoms with Crippen molar-refractivity contribution in [3.8, 4) is 0 Å². The van der Waals surface area contributed by atoms with Crippen LogP contribution in [0.1, 0.15) is 19.7 Å². The Bertz CT molecular complexity index is 759. The Morgan fingerprint density at radius 3 is 2.69 bits per heavy atom. The quantitative estimate of drug-likeness (QED) is 0.761. The molecule has 2 aromatic rings. The molecule has 0 radical (unpaired) electrons. The van der Waals surface area contributed by atoms with E-state index in [1.54, 1.807) is 0 Å². The fourth-order valence-corrected chi connectivity index (χ4v) is 3.15. The molecule has 7 heteroatoms. The van der Waals surface area contributed by atoms with Gasteiger partial charge < -0.3 is 15.4 Å². The topological polar surface area (TPSA) is 79.4 Å². The van der Waals surface area contributed by atoms with E-state index >= 15 is 0 Å². The lowest BCUT2D eigenvalue weighted by Gasteiger charge is -2.27. The fraction of sp³-hybridized carbons (Fsp3) is 0.526. The smallest absolute Gasteiger partial charge is 0.328 e. The molecule has 0 aliphatic carbocycles. The number of aromatic nitrogens is 2. The van der Waals surface area contributed by atoms with Crippen LogP contribution in [0.4, 0.5) is 5.82 Å². The average molecular weight is 357 g/mol. The predicted octanol–water partition coefficient (Wildman–Crippen LogP) is 1.64. The van der Waals surface area contributed by atoms with E-state index in [2.05, 4.69) is 15.5 Å². The first kappa shape index (κ1) is 18.5. The highest BCUT2D eigenvalue weighted by molar-refractivity contribution is 5.91. The van der Waals surface area contributed by atoms with Crippen molar-refractivity contribution in [3.63, 3.8) is 0 Å². The largest absolute Gasteiger partial charge is 0.467 e. The van der Waals surface area contributed by atoms with Crippen molar-refractivity contribution in [1.82, 2.24) is 20.2 Å². The van der Waals surface area contributed by atoms with E-state index in [0.29, 0.717) is 12.4 Å². The molecule has 1 saturated heterocycles. The van der Waals surface area contributed by atoms with E-state index in [9.17, 15) is 4.79 Å². The van der Waals surface area contributed by atoms with Crippen LogP contribution < -0.4 is 10.6 Å². The van der Waals surface area contributed by atoms with Gasteiger partial charge in [-0.3, -0.25) is 4.90 Å². The number of anilines is 1. The number of fused-ring (bicyclic) bond motifs is 1. The zero-order valence-corrected chi connectivity index (χ0v) is 15.7. The van der Waals surface area contributed by atoms with Crippen molar-refractivity contribution in [2.45, 2.75) is 26.4 Å². The number of benzene rings is 1. The van der Waals surface area contributed by atoms with Crippen LogP contribution in [0.3, 0.4) is 0 Å². The van der Waals surface area contributed by atoms with Crippen molar-refractivity contribution in [2.75, 3.05) is 38.6 Å². The van der Waals surface area contributed by atoms with E-state index in [-0.39, 0.29) is 11.9 Å². The van der Waals surface area contributed by atoms with Gasteiger partial charge in [0.15, 0.2) is 0 Å². The third-order valence-corrected chi connectivity index (χ3v) is 4.64. The highest BCUT2D eigenvalue weighted by atomic mass is 16.5. The van der Waals surface area contributed by atoms with Crippen LogP contribution in [0.25, 0.3) is 10.9 Å². The number of carbonyl (C=O) groups is 1. The number of para-hydroxylation sites is 1. The van der Waals surface area contributed by atoms with Gasteiger partial charge in [-0.05, 0) is 18.1 Å². The number of rotatable bonds is 6. The first-order chi connectivity index (χ1) is 12.6. The van der Waals surface area contributed by atoms with Crippen LogP contribution in [-0.2, 0) is 16.1 Å². The molecule has 0 bridgehead atoms. The van der Waals surface area contributed by atoms with E-state index in [1.807, 2.05) is 38.1 Å². The predicted molar refractivity (Wildman–Crippen MR) is 102 cm³/mol. The number of piperazine rings is 1. The molecule has 1 aromatic heterocycles. The number of nitrogens with zero attached hydrogens (tertiary/aromatic N) is 3. The summed E-state index contributed by atoms with van der Waals surface area (Å²) in [5, 5.41) is 7.55. The highest BCUT2D eigenvalue weighted by Crippen LogP contribution is 2.23. The van der Waals surface area contributed by atoms with Gasteiger partial charge in [-0.25, -0.2) is 14.8 Å². The van der Waals surface area contributed by atoms with Crippen LogP contribution in [0, 0.1) is 5.92 Å². The summed E-state index contributed by atoms with van der Waals surface area (Å²) in [6, 6.07) is 7.42. The molecule has 1 aliphatic rings. The lowest BCUT2D eigenvalue weighted by Crippen LogP contribution is -2.43. The minimum absolute atomic E-state index is 0.0767. The summed E-state index contributed by atoms with van der Waals surface area (Å²) >= 11 is 0. The molecule has 0 spiro atoms. The molecule has 2 N–H and O–H groups in total. The second kappa shape index (κ2) is 8.42. The molecule has 0 saturated carbocycles. The van der Waals surface area contributed by atoms with Gasteiger partial charge in [0.05, 0.1) is 19.2 Å². The van der Waals surface area contributed by atoms with Gasteiger partial charge in [0.1, 0.15) is 17.7 Å². The zero-order valence-electron chi connectivity index (χ0n) is 15.7. The summed E-state index contributed by atoms with van der Waals surface area (Å²) in [7, 11) is 1.41. The molecule has 7 nitrogen and oxygen atoms in total. The first-order valence-corrected chi connectivity index (χ1v) is 9.11. The number of esters is 1. The summed E-state index contributed by atoms with van der Waals surface area (Å²) in [5.41, 5.74) is 0.877. The Balaban J connectivity index is 1.92. The number of hydrogen-bond donors (Lipinski definition) is 2. The third kappa shape index (κ3) is 4.28. The van der Waals surface area contributed by atoms with Crippen LogP contribution in [0.15, 0.2) is 24.3 Å². The standard InChI is InChI=1S/C19H27N5O2/c1-13(2)17(19(25)26-3)23-18-14-6-4-5-7-15(14)21-16(22-18)12-24-10-8-20-9-11-24/h4-7,13,17,20H,8-12H2,1-3H3,(H,21,22,23)/t17-/m0/s1. The highest BCUT2D eigenvalue weighted by Gasteiger charge is 2.24. The molecule has 0 unspecified atom stereocenters. The minimum atomic E-state index is -0.453. The summed E-state index contributed by atoms with van der Waals surface area (Å²) in [4.78, 5) is 23.9. The summed E-state index contributed by atoms with van der Waals surface area (Å²) in [5.74, 6) is 1.24. The van der Waals surface area contributed by atoms with E-state index in [4.69, 9.17) is 14.7 Å². The van der Waals surface area contributed by atoms with Crippen molar-refractivity contribution >= 4 is 22.7 Å². The summed E-state index contributed by atoms with van der Waals surface area (Å²) in [6.07, 6.45) is 0. The van der Waals surface area contributed by atoms with E-state index < -0.39 is 6.04 Å². The van der Waals surface area contributed by atoms with E-state index in [0.717, 1.165) is 42.9 Å². The van der Waals surface area contributed by atoms with Crippen molar-refractivity contribution < 1.29 is 9.53 Å². The molecule has 140 valence electrons. The Hall–Kier alpha value is -2.25. The second-order valence-corrected chi connectivity index (χ2v) is 6.92. The third-order valence-electron chi connectivity index (χ3n) is 4.64. The van der Waals surface area contributed by atoms with Gasteiger partial charge in [-0.15, -0.1) is 0 Å². The van der Waals surface area contributed by atoms with Crippen molar-refractivity contribution in [3.05, 3.63) is 30.1 Å². The SMILES string of the molecule is COC(=O)[C@@H](Nc1nc(CN2CCNCC2)nc2ccccc12)C(C)C. The van der Waals surface area contributed by atoms with Crippen LogP contribution in [0.2, 0.25) is 0 Å². The first-order valence-electron chi connectivity index (χ1n) is 9.11. The summed E-state index contributed by atoms with van der Waals surface area (Å²) < 4.78 is 4.95. The van der Waals surface area contributed by atoms with Gasteiger partial charge in [0.25, 0.3) is 0 Å². The van der Waals surface area contributed by atoms with Crippen LogP contribution in [-0.4, -0.2) is 60.2 Å². The Labute approximate surface area is 154 Å². The molecule has 1 fully saturated rings. The molecule has 1 aromatic carbocycles. The molecule has 1 atom stereocenters. The van der Waals surface area contributed by atoms with Gasteiger partial charge in [0, 0.05) is 31.6 Å². The molecule has 2 heterocycles. The van der Waals surface area contributed by atoms with Crippen LogP contribution >= 0.6 is 0 Å². The maximum Gasteiger partial charge on any atom is 0.328 e. The Morgan fingerprint density at radius 1 is 1.27 bits per heavy atom. The number of hydrogen-bond acceptors (Lipinski definition) is 7. The van der Waals surface area contributed by atoms with Gasteiger partial charge in [-0.1, -0.05) is 26.0 Å². The lowest BCUT2D eigenvalue weighted by atomic mass is 10.0. The van der Waals surface area contributed by atoms with Gasteiger partial charge in [0.2, 0.25) is 0 Å². The van der Waals surface area contributed by atoms with Crippen molar-refractivity contribution in [2.24, 2.45) is 5.92 Å². The fourth-order valence-electron chi connectivity index (χ4n) is 3.15. The monoisotopic (exact) mass is 357 g/mol. The molecule has 0 amide bonds. The van der Waals surface area contributed by atoms with Gasteiger partial charge >= 0.3 is 5.97 Å². The number of nitrogens with one attached hydrogen (secondary N) is 2. The number of carbonyl (C=O) groups excluding carboxylic acids is 1.